The number of likely N-dealkylation sites (N-methyl/N-ethyl adjacent to an activating group) is 1. The highest BCUT2D eigenvalue weighted by Crippen LogP contribution is 2.62. The molecule has 1 saturated carbocycles. The Morgan fingerprint density at radius 3 is 2.39 bits per heavy atom. The molecule has 1 aliphatic heterocycles. The average Bonchev–Trinajstić information content (AvgIpc) is 3.28. The first-order valence-corrected chi connectivity index (χ1v) is 22.2. The summed E-state index contributed by atoms with van der Waals surface area (Å²) in [5.41, 5.74) is 3.39. The van der Waals surface area contributed by atoms with E-state index in [1.807, 2.05) is 57.2 Å². The van der Waals surface area contributed by atoms with E-state index in [1.165, 1.54) is 7.11 Å². The van der Waals surface area contributed by atoms with Gasteiger partial charge in [-0.1, -0.05) is 81.3 Å². The Bertz CT molecular complexity index is 2120. The van der Waals surface area contributed by atoms with Crippen LogP contribution in [0.25, 0.3) is 0 Å². The van der Waals surface area contributed by atoms with Gasteiger partial charge < -0.3 is 48.4 Å². The van der Waals surface area contributed by atoms with Gasteiger partial charge in [-0.3, -0.25) is 5.32 Å². The topological polar surface area (TPSA) is 167 Å². The monoisotopic (exact) mass is 883 g/mol. The van der Waals surface area contributed by atoms with Crippen molar-refractivity contribution in [3.8, 4) is 23.0 Å². The number of amides is 2. The summed E-state index contributed by atoms with van der Waals surface area (Å²) in [6.45, 7) is 10.6. The second-order valence-corrected chi connectivity index (χ2v) is 17.8. The number of hydrogen-bond acceptors (Lipinski definition) is 12. The minimum absolute atomic E-state index is 0.00492. The van der Waals surface area contributed by atoms with Gasteiger partial charge in [0.15, 0.2) is 0 Å². The van der Waals surface area contributed by atoms with Gasteiger partial charge in [-0.2, -0.15) is 0 Å². The van der Waals surface area contributed by atoms with Crippen LogP contribution < -0.4 is 24.3 Å². The Hall–Kier alpha value is -5.57. The fraction of sp³-hybridized carbons (Fsp3) is 0.500. The number of oxime groups is 1. The first-order chi connectivity index (χ1) is 30.9. The van der Waals surface area contributed by atoms with Crippen molar-refractivity contribution in [1.82, 2.24) is 4.90 Å². The minimum Gasteiger partial charge on any atom is -0.497 e. The van der Waals surface area contributed by atoms with E-state index >= 15 is 0 Å². The molecule has 6 rings (SSSR count). The van der Waals surface area contributed by atoms with Gasteiger partial charge in [0.25, 0.3) is 0 Å². The third-order valence-corrected chi connectivity index (χ3v) is 12.1. The molecule has 6 atom stereocenters. The molecular formula is C50H65N3O11. The fourth-order valence-electron chi connectivity index (χ4n) is 9.20. The normalized spacial score (nSPS) is 22.8. The van der Waals surface area contributed by atoms with E-state index in [2.05, 4.69) is 18.0 Å². The Balaban J connectivity index is 1.50. The summed E-state index contributed by atoms with van der Waals surface area (Å²) >= 11 is 0. The first kappa shape index (κ1) is 47.9. The number of fused-ring (bicyclic) bond motifs is 2. The van der Waals surface area contributed by atoms with Crippen LogP contribution in [0.1, 0.15) is 82.8 Å². The summed E-state index contributed by atoms with van der Waals surface area (Å²) in [5, 5.41) is 27.5. The minimum atomic E-state index is -1.47. The van der Waals surface area contributed by atoms with Crippen molar-refractivity contribution < 1.29 is 53.1 Å². The number of ether oxygens (including phenoxy) is 6. The van der Waals surface area contributed by atoms with Gasteiger partial charge in [-0.05, 0) is 84.4 Å². The summed E-state index contributed by atoms with van der Waals surface area (Å²) in [5.74, 6) is -0.635. The van der Waals surface area contributed by atoms with Gasteiger partial charge >= 0.3 is 12.2 Å². The lowest BCUT2D eigenvalue weighted by Crippen LogP contribution is -2.69. The van der Waals surface area contributed by atoms with Crippen molar-refractivity contribution in [1.29, 1.82) is 0 Å². The lowest BCUT2D eigenvalue weighted by molar-refractivity contribution is -0.253. The van der Waals surface area contributed by atoms with E-state index in [4.69, 9.17) is 38.4 Å². The van der Waals surface area contributed by atoms with Crippen LogP contribution in [0.5, 0.6) is 23.0 Å². The number of rotatable bonds is 20. The third-order valence-electron chi connectivity index (χ3n) is 12.1. The highest BCUT2D eigenvalue weighted by molar-refractivity contribution is 6.03. The maximum absolute atomic E-state index is 14.1. The van der Waals surface area contributed by atoms with Crippen LogP contribution in [0, 0.1) is 23.2 Å². The number of aliphatic hydroxyl groups excluding tert-OH is 2. The number of carbonyl (C=O) groups excluding carboxylic acids is 2. The molecule has 3 aliphatic rings. The van der Waals surface area contributed by atoms with E-state index in [1.54, 1.807) is 55.5 Å². The molecule has 0 radical (unpaired) electrons. The van der Waals surface area contributed by atoms with E-state index in [0.29, 0.717) is 41.5 Å². The number of allylic oxidation sites excluding steroid dienone is 1. The molecule has 0 bridgehead atoms. The van der Waals surface area contributed by atoms with Crippen LogP contribution in [0.15, 0.2) is 96.2 Å². The first-order valence-electron chi connectivity index (χ1n) is 22.2. The predicted octanol–water partition coefficient (Wildman–Crippen LogP) is 9.26. The van der Waals surface area contributed by atoms with Crippen molar-refractivity contribution in [3.63, 3.8) is 0 Å². The predicted molar refractivity (Wildman–Crippen MR) is 244 cm³/mol. The number of unbranched alkanes of at least 4 members (excludes halogenated alkanes) is 2. The van der Waals surface area contributed by atoms with Crippen molar-refractivity contribution in [2.24, 2.45) is 28.3 Å². The summed E-state index contributed by atoms with van der Waals surface area (Å²) in [4.78, 5) is 35.4. The van der Waals surface area contributed by atoms with Crippen LogP contribution in [0.4, 0.5) is 15.3 Å². The van der Waals surface area contributed by atoms with Gasteiger partial charge in [-0.15, -0.1) is 6.58 Å². The van der Waals surface area contributed by atoms with Crippen molar-refractivity contribution in [3.05, 3.63) is 102 Å². The van der Waals surface area contributed by atoms with Crippen LogP contribution in [0.2, 0.25) is 0 Å². The molecule has 2 aliphatic carbocycles. The SMILES string of the molecule is C=CCOC12Oc3ccc(OC(=O)Nc4ccc(OC)cc4OC)cc3C3C(CCCCO)C(CCCCO)C=C(C(=NOCc4ccccc4)CC1N(C)C(=O)OCC(C)(C)C)C32. The van der Waals surface area contributed by atoms with Crippen LogP contribution in [-0.4, -0.2) is 92.5 Å². The zero-order valence-electron chi connectivity index (χ0n) is 38.0. The number of nitrogens with zero attached hydrogens (tertiary/aromatic N) is 2. The summed E-state index contributed by atoms with van der Waals surface area (Å²) < 4.78 is 36.9. The number of benzene rings is 3. The quantitative estimate of drug-likeness (QED) is 0.0562. The van der Waals surface area contributed by atoms with E-state index < -0.39 is 29.9 Å². The molecule has 3 N–H and O–H groups in total. The van der Waals surface area contributed by atoms with Gasteiger partial charge in [0.2, 0.25) is 5.79 Å². The Kier molecular flexibility index (Phi) is 16.4. The molecule has 1 fully saturated rings. The molecular weight excluding hydrogens is 819 g/mol. The van der Waals surface area contributed by atoms with Crippen LogP contribution in [-0.2, 0) is 20.9 Å². The lowest BCUT2D eigenvalue weighted by Gasteiger charge is -2.59. The zero-order valence-corrected chi connectivity index (χ0v) is 38.0. The van der Waals surface area contributed by atoms with Gasteiger partial charge in [0, 0.05) is 44.2 Å². The molecule has 6 unspecified atom stereocenters. The van der Waals surface area contributed by atoms with E-state index in [9.17, 15) is 19.8 Å². The van der Waals surface area contributed by atoms with Gasteiger partial charge in [0.1, 0.15) is 35.6 Å². The third kappa shape index (κ3) is 11.2. The summed E-state index contributed by atoms with van der Waals surface area (Å²) in [6, 6.07) is 19.4. The summed E-state index contributed by atoms with van der Waals surface area (Å²) in [6.07, 6.45) is 7.17. The summed E-state index contributed by atoms with van der Waals surface area (Å²) in [7, 11) is 4.75. The molecule has 3 aromatic carbocycles. The molecule has 346 valence electrons. The van der Waals surface area contributed by atoms with Crippen molar-refractivity contribution in [2.75, 3.05) is 53.0 Å². The van der Waals surface area contributed by atoms with Crippen LogP contribution >= 0.6 is 0 Å². The fourth-order valence-corrected chi connectivity index (χ4v) is 9.20. The second kappa shape index (κ2) is 21.9. The largest absolute Gasteiger partial charge is 0.497 e. The smallest absolute Gasteiger partial charge is 0.417 e. The zero-order chi connectivity index (χ0) is 45.9. The Morgan fingerprint density at radius 2 is 1.70 bits per heavy atom. The number of aliphatic hydroxyl groups is 2. The average molecular weight is 884 g/mol. The number of nitrogens with one attached hydrogen (secondary N) is 1. The maximum atomic E-state index is 14.1. The number of hydrogen-bond donors (Lipinski definition) is 3. The highest BCUT2D eigenvalue weighted by Gasteiger charge is 2.65. The van der Waals surface area contributed by atoms with E-state index in [-0.39, 0.29) is 68.4 Å². The standard InChI is InChI=1S/C50H65N3O11/c1-8-26-61-50-44(53(5)48(57)60-32-49(2,3)4)30-41(52-62-31-33-16-10-9-11-17-33)38-27-34(18-12-14-24-54)37(19-13-15-25-55)45(46(38)50)39-28-36(21-23-42(39)64-50)63-47(56)51-40-22-20-35(58-6)29-43(40)59-7/h8-11,16-17,20-23,27-29,34,37,44-46,54-55H,1,12-15,18-19,24-26,30-32H2,2-7H3,(H,51,56). The molecule has 0 spiro atoms. The number of carbonyl (C=O) groups is 2. The molecule has 0 saturated heterocycles. The van der Waals surface area contributed by atoms with Crippen molar-refractivity contribution in [2.45, 2.75) is 90.1 Å². The molecule has 0 aromatic heterocycles. The highest BCUT2D eigenvalue weighted by atomic mass is 16.7. The molecule has 64 heavy (non-hydrogen) atoms. The molecule has 3 aromatic rings. The molecule has 2 amide bonds. The Labute approximate surface area is 377 Å². The second-order valence-electron chi connectivity index (χ2n) is 17.8. The maximum Gasteiger partial charge on any atom is 0.417 e. The van der Waals surface area contributed by atoms with E-state index in [0.717, 1.165) is 42.4 Å². The van der Waals surface area contributed by atoms with Gasteiger partial charge in [-0.25, -0.2) is 9.59 Å². The number of methoxy groups -OCH3 is 2. The van der Waals surface area contributed by atoms with Gasteiger partial charge in [0.05, 0.1) is 44.8 Å². The molecule has 1 heterocycles. The number of anilines is 1. The Morgan fingerprint density at radius 1 is 0.969 bits per heavy atom. The molecule has 14 heteroatoms. The van der Waals surface area contributed by atoms with Crippen LogP contribution in [0.3, 0.4) is 0 Å². The lowest BCUT2D eigenvalue weighted by atomic mass is 9.55. The molecule has 14 nitrogen and oxygen atoms in total. The van der Waals surface area contributed by atoms with Crippen molar-refractivity contribution >= 4 is 23.6 Å².